The molecule has 144 valence electrons. The smallest absolute Gasteiger partial charge is 0.410 e. The number of ether oxygens (including phenoxy) is 1. The largest absolute Gasteiger partial charge is 0.478 e. The van der Waals surface area contributed by atoms with Crippen molar-refractivity contribution in [1.82, 2.24) is 14.7 Å². The molecule has 0 atom stereocenters. The van der Waals surface area contributed by atoms with Gasteiger partial charge in [0.2, 0.25) is 0 Å². The lowest BCUT2D eigenvalue weighted by Gasteiger charge is -2.33. The van der Waals surface area contributed by atoms with Gasteiger partial charge in [-0.15, -0.1) is 0 Å². The summed E-state index contributed by atoms with van der Waals surface area (Å²) in [5, 5.41) is 13.6. The van der Waals surface area contributed by atoms with E-state index in [9.17, 15) is 9.59 Å². The Bertz CT molecular complexity index is 830. The van der Waals surface area contributed by atoms with Crippen molar-refractivity contribution in [3.05, 3.63) is 42.2 Å². The van der Waals surface area contributed by atoms with Gasteiger partial charge in [0.1, 0.15) is 5.60 Å². The van der Waals surface area contributed by atoms with Crippen molar-refractivity contribution in [3.8, 4) is 11.1 Å². The Hall–Kier alpha value is -2.83. The third-order valence-corrected chi connectivity index (χ3v) is 4.53. The van der Waals surface area contributed by atoms with Crippen molar-refractivity contribution in [1.29, 1.82) is 0 Å². The van der Waals surface area contributed by atoms with E-state index in [1.54, 1.807) is 29.3 Å². The fourth-order valence-electron chi connectivity index (χ4n) is 3.16. The Kier molecular flexibility index (Phi) is 5.21. The van der Waals surface area contributed by atoms with Crippen LogP contribution in [0.2, 0.25) is 0 Å². The second-order valence-electron chi connectivity index (χ2n) is 7.79. The van der Waals surface area contributed by atoms with Crippen LogP contribution in [0.4, 0.5) is 4.79 Å². The van der Waals surface area contributed by atoms with Gasteiger partial charge in [-0.3, -0.25) is 4.68 Å². The van der Waals surface area contributed by atoms with Gasteiger partial charge < -0.3 is 14.7 Å². The second kappa shape index (κ2) is 7.42. The van der Waals surface area contributed by atoms with E-state index in [4.69, 9.17) is 9.84 Å². The van der Waals surface area contributed by atoms with Crippen molar-refractivity contribution >= 4 is 12.1 Å². The van der Waals surface area contributed by atoms with Crippen molar-refractivity contribution in [3.63, 3.8) is 0 Å². The molecule has 1 aromatic heterocycles. The summed E-state index contributed by atoms with van der Waals surface area (Å²) in [7, 11) is 0. The molecule has 2 heterocycles. The molecular weight excluding hydrogens is 346 g/mol. The van der Waals surface area contributed by atoms with Gasteiger partial charge in [-0.2, -0.15) is 5.10 Å². The highest BCUT2D eigenvalue weighted by molar-refractivity contribution is 5.89. The topological polar surface area (TPSA) is 84.7 Å². The summed E-state index contributed by atoms with van der Waals surface area (Å²) in [6, 6.07) is 7.03. The number of carboxylic acids is 1. The highest BCUT2D eigenvalue weighted by Gasteiger charge is 2.27. The molecule has 7 nitrogen and oxygen atoms in total. The molecule has 1 aliphatic rings. The summed E-state index contributed by atoms with van der Waals surface area (Å²) in [5.74, 6) is -0.946. The average molecular weight is 371 g/mol. The minimum atomic E-state index is -0.946. The predicted octanol–water partition coefficient (Wildman–Crippen LogP) is 3.82. The minimum absolute atomic E-state index is 0.208. The van der Waals surface area contributed by atoms with E-state index in [0.29, 0.717) is 13.1 Å². The maximum absolute atomic E-state index is 12.2. The van der Waals surface area contributed by atoms with Crippen LogP contribution >= 0.6 is 0 Å². The van der Waals surface area contributed by atoms with Crippen molar-refractivity contribution in [2.75, 3.05) is 13.1 Å². The maximum Gasteiger partial charge on any atom is 0.410 e. The Morgan fingerprint density at radius 2 is 1.89 bits per heavy atom. The molecule has 1 saturated heterocycles. The zero-order chi connectivity index (χ0) is 19.6. The number of hydrogen-bond donors (Lipinski definition) is 1. The van der Waals surface area contributed by atoms with Crippen molar-refractivity contribution in [2.45, 2.75) is 45.3 Å². The lowest BCUT2D eigenvalue weighted by molar-refractivity contribution is 0.0184. The summed E-state index contributed by atoms with van der Waals surface area (Å²) in [6.07, 6.45) is 5.02. The lowest BCUT2D eigenvalue weighted by Crippen LogP contribution is -2.42. The van der Waals surface area contributed by atoms with Crippen LogP contribution < -0.4 is 0 Å². The Balaban J connectivity index is 1.64. The van der Waals surface area contributed by atoms with Crippen LogP contribution in [0.3, 0.4) is 0 Å². The molecule has 0 aliphatic carbocycles. The summed E-state index contributed by atoms with van der Waals surface area (Å²) >= 11 is 0. The zero-order valence-electron chi connectivity index (χ0n) is 15.9. The third-order valence-electron chi connectivity index (χ3n) is 4.53. The van der Waals surface area contributed by atoms with Crippen LogP contribution in [0.1, 0.15) is 50.0 Å². The molecule has 1 amide bonds. The molecule has 7 heteroatoms. The molecule has 3 rings (SSSR count). The van der Waals surface area contributed by atoms with Crippen molar-refractivity contribution in [2.24, 2.45) is 0 Å². The van der Waals surface area contributed by atoms with Gasteiger partial charge in [0.25, 0.3) is 0 Å². The number of rotatable bonds is 3. The zero-order valence-corrected chi connectivity index (χ0v) is 15.9. The van der Waals surface area contributed by atoms with E-state index in [2.05, 4.69) is 5.10 Å². The van der Waals surface area contributed by atoms with Gasteiger partial charge >= 0.3 is 12.1 Å². The molecule has 1 fully saturated rings. The number of piperidine rings is 1. The van der Waals surface area contributed by atoms with Gasteiger partial charge in [-0.1, -0.05) is 12.1 Å². The number of carboxylic acid groups (broad SMARTS) is 1. The van der Waals surface area contributed by atoms with E-state index in [-0.39, 0.29) is 17.7 Å². The van der Waals surface area contributed by atoms with Crippen molar-refractivity contribution < 1.29 is 19.4 Å². The molecule has 1 aromatic carbocycles. The first-order valence-corrected chi connectivity index (χ1v) is 9.09. The number of carbonyl (C=O) groups is 2. The van der Waals surface area contributed by atoms with Crippen LogP contribution in [-0.4, -0.2) is 50.5 Å². The van der Waals surface area contributed by atoms with Crippen LogP contribution in [0.25, 0.3) is 11.1 Å². The standard InChI is InChI=1S/C20H25N3O4/c1-20(2,3)27-19(26)22-9-7-17(8-10-22)23-13-16(12-21-23)14-5-4-6-15(11-14)18(24)25/h4-6,11-13,17H,7-10H2,1-3H3,(H,24,25). The van der Waals surface area contributed by atoms with Gasteiger partial charge in [0.15, 0.2) is 0 Å². The Morgan fingerprint density at radius 3 is 2.52 bits per heavy atom. The molecule has 0 radical (unpaired) electrons. The summed E-state index contributed by atoms with van der Waals surface area (Å²) in [4.78, 5) is 25.1. The number of aromatic carboxylic acids is 1. The number of amides is 1. The number of aromatic nitrogens is 2. The van der Waals surface area contributed by atoms with Crippen LogP contribution in [0.5, 0.6) is 0 Å². The SMILES string of the molecule is CC(C)(C)OC(=O)N1CCC(n2cc(-c3cccc(C(=O)O)c3)cn2)CC1. The van der Waals surface area contributed by atoms with Gasteiger partial charge in [0.05, 0.1) is 17.8 Å². The first-order chi connectivity index (χ1) is 12.7. The summed E-state index contributed by atoms with van der Waals surface area (Å²) < 4.78 is 7.34. The van der Waals surface area contributed by atoms with E-state index in [0.717, 1.165) is 24.0 Å². The first kappa shape index (κ1) is 18.9. The van der Waals surface area contributed by atoms with E-state index in [1.165, 1.54) is 0 Å². The molecule has 1 aliphatic heterocycles. The highest BCUT2D eigenvalue weighted by atomic mass is 16.6. The van der Waals surface area contributed by atoms with E-state index >= 15 is 0 Å². The van der Waals surface area contributed by atoms with Crippen LogP contribution in [-0.2, 0) is 4.74 Å². The molecule has 2 aromatic rings. The summed E-state index contributed by atoms with van der Waals surface area (Å²) in [5.41, 5.74) is 1.47. The van der Waals surface area contributed by atoms with Gasteiger partial charge in [-0.05, 0) is 51.3 Å². The Labute approximate surface area is 158 Å². The minimum Gasteiger partial charge on any atom is -0.478 e. The molecule has 0 unspecified atom stereocenters. The molecule has 0 saturated carbocycles. The maximum atomic E-state index is 12.2. The fraction of sp³-hybridized carbons (Fsp3) is 0.450. The second-order valence-corrected chi connectivity index (χ2v) is 7.79. The highest BCUT2D eigenvalue weighted by Crippen LogP contribution is 2.26. The molecule has 27 heavy (non-hydrogen) atoms. The van der Waals surface area contributed by atoms with Crippen LogP contribution in [0.15, 0.2) is 36.7 Å². The lowest BCUT2D eigenvalue weighted by atomic mass is 10.0. The number of nitrogens with zero attached hydrogens (tertiary/aromatic N) is 3. The van der Waals surface area contributed by atoms with E-state index < -0.39 is 11.6 Å². The fourth-order valence-corrected chi connectivity index (χ4v) is 3.16. The monoisotopic (exact) mass is 371 g/mol. The Morgan fingerprint density at radius 1 is 1.19 bits per heavy atom. The quantitative estimate of drug-likeness (QED) is 0.886. The number of likely N-dealkylation sites (tertiary alicyclic amines) is 1. The average Bonchev–Trinajstić information content (AvgIpc) is 3.10. The third kappa shape index (κ3) is 4.67. The van der Waals surface area contributed by atoms with Gasteiger partial charge in [-0.25, -0.2) is 9.59 Å². The number of benzene rings is 1. The molecule has 0 bridgehead atoms. The number of carbonyl (C=O) groups excluding carboxylic acids is 1. The molecule has 0 spiro atoms. The van der Waals surface area contributed by atoms with Crippen LogP contribution in [0, 0.1) is 0 Å². The first-order valence-electron chi connectivity index (χ1n) is 9.09. The van der Waals surface area contributed by atoms with E-state index in [1.807, 2.05) is 37.7 Å². The molecular formula is C20H25N3O4. The predicted molar refractivity (Wildman–Crippen MR) is 101 cm³/mol. The summed E-state index contributed by atoms with van der Waals surface area (Å²) in [6.45, 7) is 6.85. The van der Waals surface area contributed by atoms with Gasteiger partial charge in [0, 0.05) is 24.8 Å². The normalized spacial score (nSPS) is 15.6. The molecule has 1 N–H and O–H groups in total. The number of hydrogen-bond acceptors (Lipinski definition) is 4.